The number of carbonyl (C=O) groups is 1. The van der Waals surface area contributed by atoms with E-state index >= 15 is 0 Å². The summed E-state index contributed by atoms with van der Waals surface area (Å²) in [6, 6.07) is 8.45. The molecule has 1 atom stereocenters. The molecule has 0 bridgehead atoms. The molecule has 1 rings (SSSR count). The Morgan fingerprint density at radius 1 is 1.11 bits per heavy atom. The summed E-state index contributed by atoms with van der Waals surface area (Å²) in [5.74, 6) is 0. The Hall–Kier alpha value is -1.37. The molecular weight excluding hydrogens is 368 g/mol. The molecule has 0 saturated carbocycles. The van der Waals surface area contributed by atoms with Crippen LogP contribution in [0, 0.1) is 6.92 Å². The highest BCUT2D eigenvalue weighted by Gasteiger charge is 2.39. The van der Waals surface area contributed by atoms with E-state index in [1.807, 2.05) is 20.8 Å². The summed E-state index contributed by atoms with van der Waals surface area (Å²) in [6.07, 6.45) is -0.520. The Morgan fingerprint density at radius 2 is 1.75 bits per heavy atom. The van der Waals surface area contributed by atoms with Crippen LogP contribution in [0.2, 0.25) is 18.1 Å². The molecule has 1 aromatic rings. The van der Waals surface area contributed by atoms with Gasteiger partial charge in [0, 0.05) is 19.6 Å². The van der Waals surface area contributed by atoms with Crippen molar-refractivity contribution in [1.29, 1.82) is 0 Å². The molecule has 0 fully saturated rings. The zero-order valence-corrected chi connectivity index (χ0v) is 20.2. The molecule has 0 aliphatic rings. The van der Waals surface area contributed by atoms with Gasteiger partial charge in [0.25, 0.3) is 0 Å². The van der Waals surface area contributed by atoms with Crippen molar-refractivity contribution in [1.82, 2.24) is 10.6 Å². The summed E-state index contributed by atoms with van der Waals surface area (Å²) in [5, 5.41) is 6.45. The smallest absolute Gasteiger partial charge is 0.407 e. The minimum atomic E-state index is -1.96. The average Bonchev–Trinajstić information content (AvgIpc) is 2.49. The second-order valence-corrected chi connectivity index (χ2v) is 14.8. The van der Waals surface area contributed by atoms with Crippen molar-refractivity contribution >= 4 is 14.4 Å². The van der Waals surface area contributed by atoms with E-state index in [4.69, 9.17) is 9.16 Å². The van der Waals surface area contributed by atoms with E-state index in [2.05, 4.69) is 75.7 Å². The van der Waals surface area contributed by atoms with Crippen molar-refractivity contribution < 1.29 is 14.0 Å². The number of amides is 1. The van der Waals surface area contributed by atoms with Gasteiger partial charge in [0.05, 0.1) is 6.10 Å². The van der Waals surface area contributed by atoms with E-state index in [0.29, 0.717) is 13.1 Å². The van der Waals surface area contributed by atoms with Gasteiger partial charge < -0.3 is 19.8 Å². The van der Waals surface area contributed by atoms with Gasteiger partial charge >= 0.3 is 6.09 Å². The Balaban J connectivity index is 2.70. The molecule has 0 heterocycles. The molecule has 5 nitrogen and oxygen atoms in total. The van der Waals surface area contributed by atoms with Gasteiger partial charge in [-0.3, -0.25) is 0 Å². The van der Waals surface area contributed by atoms with Gasteiger partial charge in [0.1, 0.15) is 5.60 Å². The highest BCUT2D eigenvalue weighted by atomic mass is 28.4. The van der Waals surface area contributed by atoms with Crippen LogP contribution in [-0.2, 0) is 15.7 Å². The minimum Gasteiger partial charge on any atom is -0.444 e. The highest BCUT2D eigenvalue weighted by molar-refractivity contribution is 6.74. The van der Waals surface area contributed by atoms with E-state index in [9.17, 15) is 4.79 Å². The van der Waals surface area contributed by atoms with Crippen LogP contribution >= 0.6 is 0 Å². The van der Waals surface area contributed by atoms with Crippen molar-refractivity contribution in [3.8, 4) is 0 Å². The number of hydrogen-bond acceptors (Lipinski definition) is 4. The average molecular weight is 409 g/mol. The number of alkyl carbamates (subject to hydrolysis) is 1. The van der Waals surface area contributed by atoms with E-state index in [0.717, 1.165) is 6.54 Å². The zero-order chi connectivity index (χ0) is 21.6. The lowest BCUT2D eigenvalue weighted by atomic mass is 10.1. The molecular formula is C22H40N2O3Si. The molecule has 0 aliphatic carbocycles. The number of benzene rings is 1. The Labute approximate surface area is 172 Å². The second kappa shape index (κ2) is 9.90. The topological polar surface area (TPSA) is 59.6 Å². The third kappa shape index (κ3) is 9.21. The lowest BCUT2D eigenvalue weighted by molar-refractivity contribution is 0.0496. The maximum Gasteiger partial charge on any atom is 0.407 e. The molecule has 1 unspecified atom stereocenters. The third-order valence-electron chi connectivity index (χ3n) is 4.92. The van der Waals surface area contributed by atoms with Crippen LogP contribution in [0.15, 0.2) is 24.3 Å². The van der Waals surface area contributed by atoms with Crippen LogP contribution in [0.5, 0.6) is 0 Å². The van der Waals surface area contributed by atoms with Crippen LogP contribution in [0.4, 0.5) is 4.79 Å². The molecule has 6 heteroatoms. The fraction of sp³-hybridized carbons (Fsp3) is 0.682. The summed E-state index contributed by atoms with van der Waals surface area (Å²) < 4.78 is 11.9. The van der Waals surface area contributed by atoms with E-state index in [-0.39, 0.29) is 11.1 Å². The van der Waals surface area contributed by atoms with E-state index in [1.165, 1.54) is 11.1 Å². The molecule has 2 N–H and O–H groups in total. The molecule has 0 spiro atoms. The number of nitrogens with one attached hydrogen (secondary N) is 2. The SMILES string of the molecule is Cc1cccc(CNCC(CNC(=O)OC(C)(C)C)O[Si](C)(C)C(C)(C)C)c1. The lowest BCUT2D eigenvalue weighted by Gasteiger charge is -2.39. The molecule has 0 radical (unpaired) electrons. The maximum absolute atomic E-state index is 12.1. The van der Waals surface area contributed by atoms with Gasteiger partial charge in [-0.05, 0) is 51.4 Å². The summed E-state index contributed by atoms with van der Waals surface area (Å²) >= 11 is 0. The Bertz CT molecular complexity index is 633. The monoisotopic (exact) mass is 408 g/mol. The van der Waals surface area contributed by atoms with Crippen molar-refractivity contribution in [2.45, 2.75) is 84.8 Å². The molecule has 28 heavy (non-hydrogen) atoms. The van der Waals surface area contributed by atoms with Gasteiger partial charge in [-0.1, -0.05) is 50.6 Å². The molecule has 0 aliphatic heterocycles. The fourth-order valence-corrected chi connectivity index (χ4v) is 3.81. The van der Waals surface area contributed by atoms with E-state index in [1.54, 1.807) is 0 Å². The van der Waals surface area contributed by atoms with Gasteiger partial charge in [0.15, 0.2) is 8.32 Å². The second-order valence-electron chi connectivity index (χ2n) is 10.0. The zero-order valence-electron chi connectivity index (χ0n) is 19.2. The number of rotatable bonds is 8. The molecule has 1 amide bonds. The number of ether oxygens (including phenoxy) is 1. The van der Waals surface area contributed by atoms with Crippen LogP contribution < -0.4 is 10.6 Å². The maximum atomic E-state index is 12.1. The normalized spacial score (nSPS) is 13.9. The van der Waals surface area contributed by atoms with Gasteiger partial charge in [-0.15, -0.1) is 0 Å². The van der Waals surface area contributed by atoms with Crippen molar-refractivity contribution in [2.75, 3.05) is 13.1 Å². The summed E-state index contributed by atoms with van der Waals surface area (Å²) in [5.41, 5.74) is 1.98. The Morgan fingerprint density at radius 3 is 2.29 bits per heavy atom. The predicted octanol–water partition coefficient (Wildman–Crippen LogP) is 5.00. The largest absolute Gasteiger partial charge is 0.444 e. The number of aryl methyl sites for hydroxylation is 1. The fourth-order valence-electron chi connectivity index (χ4n) is 2.46. The Kier molecular flexibility index (Phi) is 8.72. The highest BCUT2D eigenvalue weighted by Crippen LogP contribution is 2.37. The molecule has 0 saturated heterocycles. The minimum absolute atomic E-state index is 0.105. The van der Waals surface area contributed by atoms with Gasteiger partial charge in [-0.2, -0.15) is 0 Å². The van der Waals surface area contributed by atoms with Crippen LogP contribution in [0.1, 0.15) is 52.7 Å². The summed E-state index contributed by atoms with van der Waals surface area (Å²) in [7, 11) is -1.96. The summed E-state index contributed by atoms with van der Waals surface area (Å²) in [6.45, 7) is 20.6. The quantitative estimate of drug-likeness (QED) is 0.594. The van der Waals surface area contributed by atoms with Crippen molar-refractivity contribution in [3.05, 3.63) is 35.4 Å². The standard InChI is InChI=1S/C22H40N2O3Si/c1-17-11-10-12-18(13-17)14-23-15-19(27-28(8,9)22(5,6)7)16-24-20(25)26-21(2,3)4/h10-13,19,23H,14-16H2,1-9H3,(H,24,25). The number of carbonyl (C=O) groups excluding carboxylic acids is 1. The van der Waals surface area contributed by atoms with Crippen molar-refractivity contribution in [3.63, 3.8) is 0 Å². The van der Waals surface area contributed by atoms with Gasteiger partial charge in [0.2, 0.25) is 0 Å². The first-order valence-corrected chi connectivity index (χ1v) is 13.0. The molecule has 1 aromatic carbocycles. The first kappa shape index (κ1) is 24.7. The lowest BCUT2D eigenvalue weighted by Crippen LogP contribution is -2.50. The number of hydrogen-bond donors (Lipinski definition) is 2. The predicted molar refractivity (Wildman–Crippen MR) is 119 cm³/mol. The van der Waals surface area contributed by atoms with Gasteiger partial charge in [-0.25, -0.2) is 4.79 Å². The van der Waals surface area contributed by atoms with E-state index < -0.39 is 20.0 Å². The van der Waals surface area contributed by atoms with Crippen LogP contribution in [-0.4, -0.2) is 39.2 Å². The molecule has 0 aromatic heterocycles. The van der Waals surface area contributed by atoms with Crippen LogP contribution in [0.3, 0.4) is 0 Å². The third-order valence-corrected chi connectivity index (χ3v) is 9.46. The first-order valence-electron chi connectivity index (χ1n) is 10.1. The summed E-state index contributed by atoms with van der Waals surface area (Å²) in [4.78, 5) is 12.1. The van der Waals surface area contributed by atoms with Crippen molar-refractivity contribution in [2.24, 2.45) is 0 Å². The molecule has 160 valence electrons. The van der Waals surface area contributed by atoms with Crippen LogP contribution in [0.25, 0.3) is 0 Å². The first-order chi connectivity index (χ1) is 12.7.